The van der Waals surface area contributed by atoms with Crippen molar-refractivity contribution in [3.05, 3.63) is 0 Å². The number of hydrogen-bond acceptors (Lipinski definition) is 5. The lowest BCUT2D eigenvalue weighted by Gasteiger charge is -2.28. The van der Waals surface area contributed by atoms with Crippen LogP contribution in [0.3, 0.4) is 0 Å². The first-order valence-corrected chi connectivity index (χ1v) is 10.2. The van der Waals surface area contributed by atoms with Crippen molar-refractivity contribution in [3.63, 3.8) is 0 Å². The predicted molar refractivity (Wildman–Crippen MR) is 101 cm³/mol. The molecule has 0 spiro atoms. The fourth-order valence-corrected chi connectivity index (χ4v) is 3.60. The zero-order valence-corrected chi connectivity index (χ0v) is 17.1. The van der Waals surface area contributed by atoms with Crippen molar-refractivity contribution in [2.24, 2.45) is 0 Å². The molecule has 2 aliphatic rings. The third-order valence-corrected chi connectivity index (χ3v) is 5.02. The van der Waals surface area contributed by atoms with Crippen LogP contribution in [0.1, 0.15) is 79.1 Å². The second-order valence-corrected chi connectivity index (χ2v) is 8.61. The van der Waals surface area contributed by atoms with Crippen LogP contribution in [0.15, 0.2) is 0 Å². The Labute approximate surface area is 162 Å². The molecule has 1 heterocycles. The van der Waals surface area contributed by atoms with Gasteiger partial charge in [0, 0.05) is 12.6 Å². The summed E-state index contributed by atoms with van der Waals surface area (Å²) in [6.45, 7) is 7.39. The van der Waals surface area contributed by atoms with E-state index < -0.39 is 29.8 Å². The van der Waals surface area contributed by atoms with Crippen LogP contribution >= 0.6 is 0 Å². The van der Waals surface area contributed by atoms with Gasteiger partial charge in [0.05, 0.1) is 0 Å². The average Bonchev–Trinajstić information content (AvgIpc) is 2.93. The minimum Gasteiger partial charge on any atom is -0.451 e. The molecule has 27 heavy (non-hydrogen) atoms. The third-order valence-electron chi connectivity index (χ3n) is 5.02. The summed E-state index contributed by atoms with van der Waals surface area (Å²) in [5.74, 6) is -0.807. The first-order valence-electron chi connectivity index (χ1n) is 10.2. The molecule has 2 amide bonds. The van der Waals surface area contributed by atoms with Gasteiger partial charge in [-0.2, -0.15) is 0 Å². The van der Waals surface area contributed by atoms with E-state index in [0.29, 0.717) is 19.4 Å². The van der Waals surface area contributed by atoms with Crippen LogP contribution in [-0.4, -0.2) is 53.2 Å². The Morgan fingerprint density at radius 2 is 1.63 bits per heavy atom. The lowest BCUT2D eigenvalue weighted by atomic mass is 10.1. The van der Waals surface area contributed by atoms with Gasteiger partial charge in [-0.15, -0.1) is 0 Å². The van der Waals surface area contributed by atoms with Crippen LogP contribution in [0.2, 0.25) is 0 Å². The van der Waals surface area contributed by atoms with Crippen molar-refractivity contribution >= 4 is 18.0 Å². The molecule has 0 aromatic rings. The van der Waals surface area contributed by atoms with Crippen molar-refractivity contribution < 1.29 is 23.9 Å². The van der Waals surface area contributed by atoms with Crippen molar-refractivity contribution in [2.45, 2.75) is 103 Å². The lowest BCUT2D eigenvalue weighted by molar-refractivity contribution is -0.159. The number of likely N-dealkylation sites (tertiary alicyclic amines) is 1. The second-order valence-electron chi connectivity index (χ2n) is 8.61. The van der Waals surface area contributed by atoms with Gasteiger partial charge in [0.1, 0.15) is 11.6 Å². The minimum atomic E-state index is -0.873. The summed E-state index contributed by atoms with van der Waals surface area (Å²) in [6.07, 6.45) is 6.44. The average molecular weight is 383 g/mol. The zero-order chi connectivity index (χ0) is 20.0. The number of amides is 2. The van der Waals surface area contributed by atoms with Gasteiger partial charge < -0.3 is 14.8 Å². The van der Waals surface area contributed by atoms with E-state index in [1.54, 1.807) is 27.7 Å². The van der Waals surface area contributed by atoms with Crippen LogP contribution < -0.4 is 5.32 Å². The molecular formula is C20H34N2O5. The van der Waals surface area contributed by atoms with Crippen molar-refractivity contribution in [1.29, 1.82) is 0 Å². The van der Waals surface area contributed by atoms with Crippen molar-refractivity contribution in [3.8, 4) is 0 Å². The Bertz CT molecular complexity index is 535. The normalized spacial score (nSPS) is 22.7. The molecule has 7 nitrogen and oxygen atoms in total. The molecule has 0 aromatic heterocycles. The number of nitrogens with one attached hydrogen (secondary N) is 1. The molecule has 0 aromatic carbocycles. The molecule has 0 radical (unpaired) electrons. The molecule has 1 saturated carbocycles. The number of nitrogens with zero attached hydrogens (tertiary/aromatic N) is 1. The first-order chi connectivity index (χ1) is 12.7. The van der Waals surface area contributed by atoms with Gasteiger partial charge in [0.2, 0.25) is 0 Å². The number of ether oxygens (including phenoxy) is 2. The Hall–Kier alpha value is -1.79. The molecule has 0 unspecified atom stereocenters. The quantitative estimate of drug-likeness (QED) is 0.596. The van der Waals surface area contributed by atoms with Gasteiger partial charge in [0.15, 0.2) is 6.10 Å². The van der Waals surface area contributed by atoms with E-state index in [2.05, 4.69) is 5.32 Å². The third kappa shape index (κ3) is 6.70. The van der Waals surface area contributed by atoms with Gasteiger partial charge in [-0.1, -0.05) is 25.7 Å². The number of hydrogen-bond donors (Lipinski definition) is 1. The van der Waals surface area contributed by atoms with Gasteiger partial charge in [0.25, 0.3) is 5.91 Å². The highest BCUT2D eigenvalue weighted by atomic mass is 16.6. The highest BCUT2D eigenvalue weighted by molar-refractivity contribution is 5.87. The monoisotopic (exact) mass is 382 g/mol. The molecule has 2 atom stereocenters. The maximum atomic E-state index is 12.5. The van der Waals surface area contributed by atoms with Crippen LogP contribution in [0.4, 0.5) is 4.79 Å². The second kappa shape index (κ2) is 9.42. The topological polar surface area (TPSA) is 84.9 Å². The summed E-state index contributed by atoms with van der Waals surface area (Å²) in [4.78, 5) is 38.6. The Morgan fingerprint density at radius 3 is 2.22 bits per heavy atom. The van der Waals surface area contributed by atoms with Gasteiger partial charge in [-0.3, -0.25) is 9.69 Å². The van der Waals surface area contributed by atoms with E-state index in [4.69, 9.17) is 9.47 Å². The summed E-state index contributed by atoms with van der Waals surface area (Å²) < 4.78 is 10.7. The molecular weight excluding hydrogens is 348 g/mol. The van der Waals surface area contributed by atoms with E-state index in [1.807, 2.05) is 0 Å². The van der Waals surface area contributed by atoms with Gasteiger partial charge in [-0.05, 0) is 53.4 Å². The number of carbonyl (C=O) groups is 3. The fraction of sp³-hybridized carbons (Fsp3) is 0.850. The summed E-state index contributed by atoms with van der Waals surface area (Å²) >= 11 is 0. The molecule has 1 saturated heterocycles. The van der Waals surface area contributed by atoms with Crippen LogP contribution in [0, 0.1) is 0 Å². The maximum Gasteiger partial charge on any atom is 0.411 e. The van der Waals surface area contributed by atoms with E-state index in [0.717, 1.165) is 25.7 Å². The van der Waals surface area contributed by atoms with E-state index >= 15 is 0 Å². The SMILES string of the molecule is C[C@@H](OC(=O)[C@@H]1CCCN1C(=O)OC(C)(C)C)C(=O)NC1CCCCCC1. The summed E-state index contributed by atoms with van der Waals surface area (Å²) in [5.41, 5.74) is -0.625. The molecule has 0 bridgehead atoms. The highest BCUT2D eigenvalue weighted by Crippen LogP contribution is 2.22. The number of rotatable bonds is 4. The van der Waals surface area contributed by atoms with Crippen LogP contribution in [-0.2, 0) is 19.1 Å². The van der Waals surface area contributed by atoms with E-state index in [-0.39, 0.29) is 11.9 Å². The first kappa shape index (κ1) is 21.5. The molecule has 2 fully saturated rings. The number of esters is 1. The smallest absolute Gasteiger partial charge is 0.411 e. The lowest BCUT2D eigenvalue weighted by Crippen LogP contribution is -2.47. The molecule has 154 valence electrons. The number of carbonyl (C=O) groups excluding carboxylic acids is 3. The minimum absolute atomic E-state index is 0.158. The standard InChI is InChI=1S/C20H34N2O5/c1-14(17(23)21-15-10-7-5-6-8-11-15)26-18(24)16-12-9-13-22(16)19(25)27-20(2,3)4/h14-16H,5-13H2,1-4H3,(H,21,23)/t14-,16+/m1/s1. The van der Waals surface area contributed by atoms with Crippen LogP contribution in [0.5, 0.6) is 0 Å². The van der Waals surface area contributed by atoms with E-state index in [1.165, 1.54) is 17.7 Å². The zero-order valence-electron chi connectivity index (χ0n) is 17.1. The van der Waals surface area contributed by atoms with Gasteiger partial charge >= 0.3 is 12.1 Å². The maximum absolute atomic E-state index is 12.5. The van der Waals surface area contributed by atoms with E-state index in [9.17, 15) is 14.4 Å². The Morgan fingerprint density at radius 1 is 1.00 bits per heavy atom. The van der Waals surface area contributed by atoms with Crippen LogP contribution in [0.25, 0.3) is 0 Å². The van der Waals surface area contributed by atoms with Crippen molar-refractivity contribution in [2.75, 3.05) is 6.54 Å². The Balaban J connectivity index is 1.86. The fourth-order valence-electron chi connectivity index (χ4n) is 3.60. The highest BCUT2D eigenvalue weighted by Gasteiger charge is 2.38. The van der Waals surface area contributed by atoms with Gasteiger partial charge in [-0.25, -0.2) is 9.59 Å². The molecule has 1 aliphatic carbocycles. The molecule has 1 aliphatic heterocycles. The molecule has 2 rings (SSSR count). The summed E-state index contributed by atoms with van der Waals surface area (Å²) in [6, 6.07) is -0.529. The van der Waals surface area contributed by atoms with Crippen molar-refractivity contribution in [1.82, 2.24) is 10.2 Å². The Kier molecular flexibility index (Phi) is 7.50. The predicted octanol–water partition coefficient (Wildman–Crippen LogP) is 3.16. The summed E-state index contributed by atoms with van der Waals surface area (Å²) in [7, 11) is 0. The molecule has 1 N–H and O–H groups in total. The summed E-state index contributed by atoms with van der Waals surface area (Å²) in [5, 5.41) is 3.00. The molecule has 7 heteroatoms. The largest absolute Gasteiger partial charge is 0.451 e.